The largest absolute Gasteiger partial charge is 0.466 e. The van der Waals surface area contributed by atoms with E-state index in [0.29, 0.717) is 18.6 Å². The average molecular weight is 254 g/mol. The Morgan fingerprint density at radius 3 is 2.61 bits per heavy atom. The molecule has 1 aliphatic heterocycles. The Hall–Kier alpha value is -1.62. The summed E-state index contributed by atoms with van der Waals surface area (Å²) < 4.78 is 14.9. The number of ether oxygens (including phenoxy) is 3. The Bertz CT molecular complexity index is 364. The van der Waals surface area contributed by atoms with E-state index < -0.39 is 18.2 Å². The molecule has 0 amide bonds. The molecule has 5 nitrogen and oxygen atoms in total. The molecule has 0 N–H and O–H groups in total. The van der Waals surface area contributed by atoms with Gasteiger partial charge in [0, 0.05) is 12.0 Å². The molecule has 1 atom stereocenters. The maximum atomic E-state index is 11.7. The lowest BCUT2D eigenvalue weighted by Crippen LogP contribution is -2.25. The van der Waals surface area contributed by atoms with Crippen LogP contribution in [0.15, 0.2) is 23.8 Å². The molecular weight excluding hydrogens is 236 g/mol. The normalized spacial score (nSPS) is 20.1. The molecule has 1 fully saturated rings. The summed E-state index contributed by atoms with van der Waals surface area (Å²) >= 11 is 0. The van der Waals surface area contributed by atoms with Crippen LogP contribution < -0.4 is 0 Å². The summed E-state index contributed by atoms with van der Waals surface area (Å²) in [5.41, 5.74) is 0.399. The van der Waals surface area contributed by atoms with Gasteiger partial charge in [0.05, 0.1) is 19.3 Å². The van der Waals surface area contributed by atoms with Crippen LogP contribution in [0.5, 0.6) is 0 Å². The summed E-state index contributed by atoms with van der Waals surface area (Å²) in [4.78, 5) is 22.8. The van der Waals surface area contributed by atoms with Crippen molar-refractivity contribution in [2.24, 2.45) is 0 Å². The summed E-state index contributed by atoms with van der Waals surface area (Å²) in [6.07, 6.45) is 3.49. The summed E-state index contributed by atoms with van der Waals surface area (Å²) in [5, 5.41) is 0. The van der Waals surface area contributed by atoms with Gasteiger partial charge in [-0.15, -0.1) is 0 Å². The number of carbonyl (C=O) groups is 2. The van der Waals surface area contributed by atoms with Crippen molar-refractivity contribution in [3.63, 3.8) is 0 Å². The fourth-order valence-corrected chi connectivity index (χ4v) is 1.54. The van der Waals surface area contributed by atoms with Crippen LogP contribution in [0, 0.1) is 0 Å². The van der Waals surface area contributed by atoms with Gasteiger partial charge in [0.25, 0.3) is 0 Å². The predicted molar refractivity (Wildman–Crippen MR) is 64.6 cm³/mol. The second-order valence-electron chi connectivity index (χ2n) is 4.05. The van der Waals surface area contributed by atoms with E-state index in [0.717, 1.165) is 12.8 Å². The lowest BCUT2D eigenvalue weighted by Gasteiger charge is -2.22. The second kappa shape index (κ2) is 6.96. The molecule has 18 heavy (non-hydrogen) atoms. The average Bonchev–Trinajstić information content (AvgIpc) is 2.38. The van der Waals surface area contributed by atoms with Crippen molar-refractivity contribution in [2.75, 3.05) is 13.7 Å². The Morgan fingerprint density at radius 2 is 2.06 bits per heavy atom. The Labute approximate surface area is 106 Å². The molecule has 0 radical (unpaired) electrons. The molecule has 1 rings (SSSR count). The standard InChI is InChI=1S/C13H18O5/c1-9(12(14)16-3)8-10(2)13(15)18-11-6-4-5-7-17-11/h8,11H,2,4-7H2,1,3H3/b9-8+. The van der Waals surface area contributed by atoms with Crippen molar-refractivity contribution in [1.82, 2.24) is 0 Å². The first-order valence-electron chi connectivity index (χ1n) is 5.82. The molecule has 0 bridgehead atoms. The molecular formula is C13H18O5. The zero-order valence-electron chi connectivity index (χ0n) is 10.7. The lowest BCUT2D eigenvalue weighted by molar-refractivity contribution is -0.182. The van der Waals surface area contributed by atoms with E-state index >= 15 is 0 Å². The van der Waals surface area contributed by atoms with E-state index in [1.807, 2.05) is 0 Å². The van der Waals surface area contributed by atoms with Gasteiger partial charge in [0.15, 0.2) is 0 Å². The van der Waals surface area contributed by atoms with Crippen LogP contribution in [-0.2, 0) is 23.8 Å². The van der Waals surface area contributed by atoms with Gasteiger partial charge in [-0.05, 0) is 25.8 Å². The highest BCUT2D eigenvalue weighted by molar-refractivity contribution is 5.95. The van der Waals surface area contributed by atoms with Gasteiger partial charge >= 0.3 is 11.9 Å². The summed E-state index contributed by atoms with van der Waals surface area (Å²) in [6, 6.07) is 0. The van der Waals surface area contributed by atoms with Gasteiger partial charge < -0.3 is 14.2 Å². The van der Waals surface area contributed by atoms with Crippen LogP contribution in [0.4, 0.5) is 0 Å². The van der Waals surface area contributed by atoms with Crippen molar-refractivity contribution in [2.45, 2.75) is 32.5 Å². The minimum Gasteiger partial charge on any atom is -0.466 e. The molecule has 1 saturated heterocycles. The number of esters is 2. The maximum Gasteiger partial charge on any atom is 0.339 e. The molecule has 0 spiro atoms. The van der Waals surface area contributed by atoms with Gasteiger partial charge in [-0.3, -0.25) is 0 Å². The van der Waals surface area contributed by atoms with E-state index in [1.165, 1.54) is 13.2 Å². The zero-order chi connectivity index (χ0) is 13.5. The number of carbonyl (C=O) groups excluding carboxylic acids is 2. The van der Waals surface area contributed by atoms with Crippen LogP contribution in [0.3, 0.4) is 0 Å². The fraction of sp³-hybridized carbons (Fsp3) is 0.538. The topological polar surface area (TPSA) is 61.8 Å². The highest BCUT2D eigenvalue weighted by atomic mass is 16.7. The lowest BCUT2D eigenvalue weighted by atomic mass is 10.2. The van der Waals surface area contributed by atoms with Gasteiger partial charge in [-0.2, -0.15) is 0 Å². The van der Waals surface area contributed by atoms with Crippen LogP contribution in [0.1, 0.15) is 26.2 Å². The van der Waals surface area contributed by atoms with Gasteiger partial charge in [-0.1, -0.05) is 6.58 Å². The van der Waals surface area contributed by atoms with Gasteiger partial charge in [0.1, 0.15) is 0 Å². The first-order valence-corrected chi connectivity index (χ1v) is 5.82. The van der Waals surface area contributed by atoms with Gasteiger partial charge in [0.2, 0.25) is 6.29 Å². The van der Waals surface area contributed by atoms with Crippen molar-refractivity contribution in [1.29, 1.82) is 0 Å². The summed E-state index contributed by atoms with van der Waals surface area (Å²) in [7, 11) is 1.27. The molecule has 1 heterocycles. The third-order valence-corrected chi connectivity index (χ3v) is 2.54. The van der Waals surface area contributed by atoms with E-state index in [9.17, 15) is 9.59 Å². The smallest absolute Gasteiger partial charge is 0.339 e. The third kappa shape index (κ3) is 4.33. The quantitative estimate of drug-likeness (QED) is 0.434. The van der Waals surface area contributed by atoms with Crippen molar-refractivity contribution in [3.05, 3.63) is 23.8 Å². The SMILES string of the molecule is C=C(/C=C(\C)C(=O)OC)C(=O)OC1CCCCO1. The first kappa shape index (κ1) is 14.4. The highest BCUT2D eigenvalue weighted by Gasteiger charge is 2.19. The van der Waals surface area contributed by atoms with E-state index in [1.54, 1.807) is 6.92 Å². The Kier molecular flexibility index (Phi) is 5.58. The van der Waals surface area contributed by atoms with E-state index in [4.69, 9.17) is 9.47 Å². The third-order valence-electron chi connectivity index (χ3n) is 2.54. The number of methoxy groups -OCH3 is 1. The maximum absolute atomic E-state index is 11.7. The Balaban J connectivity index is 2.50. The van der Waals surface area contributed by atoms with Crippen molar-refractivity contribution >= 4 is 11.9 Å². The first-order chi connectivity index (χ1) is 8.54. The molecule has 0 aliphatic carbocycles. The molecule has 0 aromatic heterocycles. The highest BCUT2D eigenvalue weighted by Crippen LogP contribution is 2.15. The minimum atomic E-state index is -0.579. The van der Waals surface area contributed by atoms with Crippen molar-refractivity contribution < 1.29 is 23.8 Å². The molecule has 1 aliphatic rings. The minimum absolute atomic E-state index is 0.104. The predicted octanol–water partition coefficient (Wildman–Crippen LogP) is 1.73. The van der Waals surface area contributed by atoms with Crippen LogP contribution in [0.25, 0.3) is 0 Å². The summed E-state index contributed by atoms with van der Waals surface area (Å²) in [5.74, 6) is -1.08. The Morgan fingerprint density at radius 1 is 1.33 bits per heavy atom. The number of hydrogen-bond acceptors (Lipinski definition) is 5. The molecule has 100 valence electrons. The number of rotatable bonds is 4. The van der Waals surface area contributed by atoms with Gasteiger partial charge in [-0.25, -0.2) is 9.59 Å². The molecule has 0 saturated carbocycles. The van der Waals surface area contributed by atoms with Crippen LogP contribution >= 0.6 is 0 Å². The molecule has 0 aromatic rings. The molecule has 5 heteroatoms. The number of hydrogen-bond donors (Lipinski definition) is 0. The van der Waals surface area contributed by atoms with E-state index in [-0.39, 0.29) is 5.57 Å². The van der Waals surface area contributed by atoms with E-state index in [2.05, 4.69) is 11.3 Å². The van der Waals surface area contributed by atoms with Crippen molar-refractivity contribution in [3.8, 4) is 0 Å². The van der Waals surface area contributed by atoms with Crippen LogP contribution in [-0.4, -0.2) is 31.9 Å². The molecule has 1 unspecified atom stereocenters. The summed E-state index contributed by atoms with van der Waals surface area (Å²) in [6.45, 7) is 5.70. The monoisotopic (exact) mass is 254 g/mol. The zero-order valence-corrected chi connectivity index (χ0v) is 10.7. The second-order valence-corrected chi connectivity index (χ2v) is 4.05. The fourth-order valence-electron chi connectivity index (χ4n) is 1.54. The van der Waals surface area contributed by atoms with Crippen LogP contribution in [0.2, 0.25) is 0 Å². The molecule has 0 aromatic carbocycles.